The van der Waals surface area contributed by atoms with E-state index < -0.39 is 0 Å². The Morgan fingerprint density at radius 3 is 2.73 bits per heavy atom. The average molecular weight is 210 g/mol. The van der Waals surface area contributed by atoms with Gasteiger partial charge in [0.15, 0.2) is 0 Å². The Bertz CT molecular complexity index is 175. The minimum atomic E-state index is 0.572. The van der Waals surface area contributed by atoms with Gasteiger partial charge in [-0.25, -0.2) is 0 Å². The summed E-state index contributed by atoms with van der Waals surface area (Å²) in [7, 11) is 0. The number of hydrogen-bond donors (Lipinski definition) is 2. The van der Waals surface area contributed by atoms with Gasteiger partial charge in [0, 0.05) is 19.1 Å². The molecule has 2 fully saturated rings. The van der Waals surface area contributed by atoms with Crippen molar-refractivity contribution >= 4 is 0 Å². The first kappa shape index (κ1) is 11.4. The summed E-state index contributed by atoms with van der Waals surface area (Å²) in [5, 5.41) is 7.35. The first-order valence-electron chi connectivity index (χ1n) is 6.79. The molecular formula is C13H26N2. The minimum Gasteiger partial charge on any atom is -0.316 e. The molecule has 0 bridgehead atoms. The summed E-state index contributed by atoms with van der Waals surface area (Å²) in [5.41, 5.74) is 0.572. The zero-order valence-corrected chi connectivity index (χ0v) is 10.1. The molecule has 1 unspecified atom stereocenters. The molecule has 15 heavy (non-hydrogen) atoms. The average Bonchev–Trinajstić information content (AvgIpc) is 2.17. The molecule has 0 spiro atoms. The van der Waals surface area contributed by atoms with Crippen molar-refractivity contribution in [1.29, 1.82) is 0 Å². The van der Waals surface area contributed by atoms with Crippen molar-refractivity contribution in [2.45, 2.75) is 57.9 Å². The van der Waals surface area contributed by atoms with Crippen LogP contribution in [-0.4, -0.2) is 25.7 Å². The van der Waals surface area contributed by atoms with Crippen molar-refractivity contribution in [3.63, 3.8) is 0 Å². The minimum absolute atomic E-state index is 0.572. The van der Waals surface area contributed by atoms with Crippen LogP contribution in [0.4, 0.5) is 0 Å². The Balaban J connectivity index is 1.80. The third kappa shape index (κ3) is 2.94. The normalized spacial score (nSPS) is 32.6. The van der Waals surface area contributed by atoms with Crippen LogP contribution in [0.2, 0.25) is 0 Å². The van der Waals surface area contributed by atoms with Gasteiger partial charge in [-0.15, -0.1) is 0 Å². The number of piperidine rings is 1. The largest absolute Gasteiger partial charge is 0.316 e. The molecule has 0 amide bonds. The van der Waals surface area contributed by atoms with E-state index in [1.807, 2.05) is 0 Å². The lowest BCUT2D eigenvalue weighted by atomic mass is 9.76. The van der Waals surface area contributed by atoms with Crippen LogP contribution in [0.5, 0.6) is 0 Å². The van der Waals surface area contributed by atoms with Gasteiger partial charge >= 0.3 is 0 Å². The van der Waals surface area contributed by atoms with E-state index in [0.717, 1.165) is 6.04 Å². The first-order chi connectivity index (χ1) is 7.35. The fourth-order valence-corrected chi connectivity index (χ4v) is 2.99. The van der Waals surface area contributed by atoms with Crippen LogP contribution in [0.3, 0.4) is 0 Å². The molecule has 0 radical (unpaired) electrons. The fraction of sp³-hybridized carbons (Fsp3) is 1.00. The summed E-state index contributed by atoms with van der Waals surface area (Å²) < 4.78 is 0. The molecule has 2 heteroatoms. The van der Waals surface area contributed by atoms with E-state index in [4.69, 9.17) is 0 Å². The Morgan fingerprint density at radius 1 is 1.33 bits per heavy atom. The van der Waals surface area contributed by atoms with Gasteiger partial charge in [0.25, 0.3) is 0 Å². The van der Waals surface area contributed by atoms with Gasteiger partial charge in [0.1, 0.15) is 0 Å². The number of nitrogens with one attached hydrogen (secondary N) is 2. The third-order valence-corrected chi connectivity index (χ3v) is 4.21. The molecule has 0 aromatic carbocycles. The maximum atomic E-state index is 3.77. The van der Waals surface area contributed by atoms with Crippen LogP contribution in [0.25, 0.3) is 0 Å². The Kier molecular flexibility index (Phi) is 4.04. The van der Waals surface area contributed by atoms with Gasteiger partial charge in [-0.2, -0.15) is 0 Å². The van der Waals surface area contributed by atoms with Crippen LogP contribution in [0, 0.1) is 5.41 Å². The second-order valence-electron chi connectivity index (χ2n) is 5.54. The molecule has 1 saturated carbocycles. The monoisotopic (exact) mass is 210 g/mol. The highest BCUT2D eigenvalue weighted by Gasteiger charge is 2.32. The van der Waals surface area contributed by atoms with Crippen molar-refractivity contribution < 1.29 is 0 Å². The molecule has 1 aliphatic heterocycles. The standard InChI is InChI=1S/C13H26N2/c1-2-7-13(8-4-9-14-10-13)11-15-12-5-3-6-12/h12,14-15H,2-11H2,1H3. The number of rotatable bonds is 5. The summed E-state index contributed by atoms with van der Waals surface area (Å²) in [5.74, 6) is 0. The summed E-state index contributed by atoms with van der Waals surface area (Å²) in [4.78, 5) is 0. The van der Waals surface area contributed by atoms with Gasteiger partial charge in [0.2, 0.25) is 0 Å². The van der Waals surface area contributed by atoms with E-state index in [2.05, 4.69) is 17.6 Å². The van der Waals surface area contributed by atoms with E-state index in [1.54, 1.807) is 0 Å². The van der Waals surface area contributed by atoms with Crippen molar-refractivity contribution in [3.05, 3.63) is 0 Å². The van der Waals surface area contributed by atoms with Gasteiger partial charge in [0.05, 0.1) is 0 Å². The van der Waals surface area contributed by atoms with Crippen molar-refractivity contribution in [2.75, 3.05) is 19.6 Å². The summed E-state index contributed by atoms with van der Waals surface area (Å²) in [6.45, 7) is 6.04. The van der Waals surface area contributed by atoms with Crippen LogP contribution >= 0.6 is 0 Å². The van der Waals surface area contributed by atoms with Gasteiger partial charge in [-0.05, 0) is 44.1 Å². The second kappa shape index (κ2) is 5.31. The molecule has 2 N–H and O–H groups in total. The quantitative estimate of drug-likeness (QED) is 0.727. The van der Waals surface area contributed by atoms with Crippen molar-refractivity contribution in [1.82, 2.24) is 10.6 Å². The molecule has 1 heterocycles. The lowest BCUT2D eigenvalue weighted by molar-refractivity contribution is 0.165. The van der Waals surface area contributed by atoms with E-state index in [1.165, 1.54) is 64.6 Å². The second-order valence-corrected chi connectivity index (χ2v) is 5.54. The van der Waals surface area contributed by atoms with Gasteiger partial charge < -0.3 is 10.6 Å². The molecule has 2 rings (SSSR count). The smallest absolute Gasteiger partial charge is 0.00673 e. The van der Waals surface area contributed by atoms with Crippen LogP contribution in [-0.2, 0) is 0 Å². The highest BCUT2D eigenvalue weighted by Crippen LogP contribution is 2.31. The number of hydrogen-bond acceptors (Lipinski definition) is 2. The predicted molar refractivity (Wildman–Crippen MR) is 65.1 cm³/mol. The third-order valence-electron chi connectivity index (χ3n) is 4.21. The van der Waals surface area contributed by atoms with Crippen molar-refractivity contribution in [3.8, 4) is 0 Å². The first-order valence-corrected chi connectivity index (χ1v) is 6.79. The van der Waals surface area contributed by atoms with Crippen LogP contribution < -0.4 is 10.6 Å². The highest BCUT2D eigenvalue weighted by atomic mass is 15.0. The van der Waals surface area contributed by atoms with Gasteiger partial charge in [-0.3, -0.25) is 0 Å². The van der Waals surface area contributed by atoms with Gasteiger partial charge in [-0.1, -0.05) is 19.8 Å². The maximum absolute atomic E-state index is 3.77. The fourth-order valence-electron chi connectivity index (χ4n) is 2.99. The zero-order chi connectivity index (χ0) is 10.6. The molecule has 0 aromatic rings. The molecular weight excluding hydrogens is 184 g/mol. The summed E-state index contributed by atoms with van der Waals surface area (Å²) in [6.07, 6.45) is 9.77. The Hall–Kier alpha value is -0.0800. The predicted octanol–water partition coefficient (Wildman–Crippen LogP) is 2.30. The topological polar surface area (TPSA) is 24.1 Å². The Labute approximate surface area is 94.2 Å². The molecule has 1 atom stereocenters. The zero-order valence-electron chi connectivity index (χ0n) is 10.1. The molecule has 88 valence electrons. The summed E-state index contributed by atoms with van der Waals surface area (Å²) >= 11 is 0. The summed E-state index contributed by atoms with van der Waals surface area (Å²) in [6, 6.07) is 0.848. The molecule has 0 aromatic heterocycles. The van der Waals surface area contributed by atoms with E-state index in [-0.39, 0.29) is 0 Å². The molecule has 2 nitrogen and oxygen atoms in total. The van der Waals surface area contributed by atoms with Crippen LogP contribution in [0.1, 0.15) is 51.9 Å². The molecule has 1 aliphatic carbocycles. The lowest BCUT2D eigenvalue weighted by Crippen LogP contribution is -2.49. The van der Waals surface area contributed by atoms with Crippen molar-refractivity contribution in [2.24, 2.45) is 5.41 Å². The highest BCUT2D eigenvalue weighted by molar-refractivity contribution is 4.89. The Morgan fingerprint density at radius 2 is 2.20 bits per heavy atom. The maximum Gasteiger partial charge on any atom is 0.00673 e. The van der Waals surface area contributed by atoms with Crippen LogP contribution in [0.15, 0.2) is 0 Å². The molecule has 1 saturated heterocycles. The molecule has 2 aliphatic rings. The van der Waals surface area contributed by atoms with E-state index in [0.29, 0.717) is 5.41 Å². The SMILES string of the molecule is CCCC1(CNC2CCC2)CCCNC1. The van der Waals surface area contributed by atoms with E-state index >= 15 is 0 Å². The van der Waals surface area contributed by atoms with E-state index in [9.17, 15) is 0 Å². The lowest BCUT2D eigenvalue weighted by Gasteiger charge is -2.40.